The van der Waals surface area contributed by atoms with Crippen molar-refractivity contribution in [3.8, 4) is 0 Å². The molecule has 1 aliphatic heterocycles. The molecule has 3 rings (SSSR count). The second-order valence-corrected chi connectivity index (χ2v) is 5.16. The van der Waals surface area contributed by atoms with E-state index in [1.54, 1.807) is 0 Å². The van der Waals surface area contributed by atoms with Crippen molar-refractivity contribution in [2.24, 2.45) is 0 Å². The fourth-order valence-electron chi connectivity index (χ4n) is 2.71. The maximum absolute atomic E-state index is 4.36. The fourth-order valence-corrected chi connectivity index (χ4v) is 2.71. The third-order valence-corrected chi connectivity index (χ3v) is 3.44. The molecule has 2 heterocycles. The fraction of sp³-hybridized carbons (Fsp3) is 0.176. The molecule has 3 nitrogen and oxygen atoms in total. The number of hydrogen-bond donors (Lipinski definition) is 0. The summed E-state index contributed by atoms with van der Waals surface area (Å²) >= 11 is 0. The molecule has 21 heavy (non-hydrogen) atoms. The van der Waals surface area contributed by atoms with Crippen LogP contribution in [0.3, 0.4) is 0 Å². The second kappa shape index (κ2) is 6.43. The molecule has 0 unspecified atom stereocenters. The number of anilines is 2. The predicted molar refractivity (Wildman–Crippen MR) is 83.3 cm³/mol. The van der Waals surface area contributed by atoms with Crippen LogP contribution in [0.4, 0.5) is 11.5 Å². The van der Waals surface area contributed by atoms with Gasteiger partial charge in [-0.1, -0.05) is 23.8 Å². The van der Waals surface area contributed by atoms with Gasteiger partial charge in [0, 0.05) is 32.3 Å². The summed E-state index contributed by atoms with van der Waals surface area (Å²) in [4.78, 5) is 8.54. The molecule has 0 amide bonds. The minimum absolute atomic E-state index is 0. The van der Waals surface area contributed by atoms with E-state index in [1.807, 2.05) is 35.5 Å². The normalized spacial score (nSPS) is 13.5. The standard InChI is InChI=1S/C17H18N3.Pd/c1-13-10-14(2)17(15(3)11-13)20-9-8-19(12-20)16-6-4-5-7-18-16;/h4-12H,1-3H3;/q-1;. The summed E-state index contributed by atoms with van der Waals surface area (Å²) < 4.78 is 0. The molecule has 4 heteroatoms. The first-order valence-corrected chi connectivity index (χ1v) is 6.74. The van der Waals surface area contributed by atoms with Gasteiger partial charge in [-0.15, -0.1) is 6.67 Å². The Morgan fingerprint density at radius 2 is 1.62 bits per heavy atom. The van der Waals surface area contributed by atoms with Crippen LogP contribution < -0.4 is 9.80 Å². The molecule has 1 aromatic heterocycles. The van der Waals surface area contributed by atoms with E-state index in [0.717, 1.165) is 5.82 Å². The Kier molecular flexibility index (Phi) is 4.82. The van der Waals surface area contributed by atoms with Gasteiger partial charge in [0.2, 0.25) is 0 Å². The summed E-state index contributed by atoms with van der Waals surface area (Å²) in [7, 11) is 0. The summed E-state index contributed by atoms with van der Waals surface area (Å²) in [5, 5.41) is 0. The van der Waals surface area contributed by atoms with E-state index in [4.69, 9.17) is 0 Å². The largest absolute Gasteiger partial charge is 0.479 e. The van der Waals surface area contributed by atoms with Crippen LogP contribution in [0.15, 0.2) is 48.9 Å². The molecule has 112 valence electrons. The van der Waals surface area contributed by atoms with Crippen molar-refractivity contribution in [3.05, 3.63) is 72.3 Å². The third-order valence-electron chi connectivity index (χ3n) is 3.44. The van der Waals surface area contributed by atoms with E-state index < -0.39 is 0 Å². The van der Waals surface area contributed by atoms with Gasteiger partial charge in [-0.05, 0) is 56.4 Å². The van der Waals surface area contributed by atoms with Crippen molar-refractivity contribution in [1.29, 1.82) is 0 Å². The van der Waals surface area contributed by atoms with E-state index in [-0.39, 0.29) is 20.4 Å². The quantitative estimate of drug-likeness (QED) is 0.590. The summed E-state index contributed by atoms with van der Waals surface area (Å²) in [5.74, 6) is 0.925. The summed E-state index contributed by atoms with van der Waals surface area (Å²) in [6, 6.07) is 10.4. The minimum atomic E-state index is 0. The van der Waals surface area contributed by atoms with Gasteiger partial charge in [0.05, 0.1) is 0 Å². The maximum atomic E-state index is 4.36. The molecular formula is C17H18N3Pd-. The molecule has 1 aromatic carbocycles. The van der Waals surface area contributed by atoms with Gasteiger partial charge >= 0.3 is 0 Å². The van der Waals surface area contributed by atoms with Crippen molar-refractivity contribution in [2.45, 2.75) is 20.8 Å². The van der Waals surface area contributed by atoms with Gasteiger partial charge in [-0.2, -0.15) is 0 Å². The second-order valence-electron chi connectivity index (χ2n) is 5.16. The van der Waals surface area contributed by atoms with Gasteiger partial charge in [0.1, 0.15) is 5.82 Å². The maximum Gasteiger partial charge on any atom is 0.104 e. The van der Waals surface area contributed by atoms with Crippen LogP contribution in [0.5, 0.6) is 0 Å². The number of rotatable bonds is 2. The van der Waals surface area contributed by atoms with Crippen molar-refractivity contribution in [1.82, 2.24) is 4.98 Å². The van der Waals surface area contributed by atoms with Gasteiger partial charge in [-0.3, -0.25) is 0 Å². The van der Waals surface area contributed by atoms with E-state index >= 15 is 0 Å². The zero-order valence-corrected chi connectivity index (χ0v) is 13.9. The van der Waals surface area contributed by atoms with E-state index in [0.29, 0.717) is 0 Å². The van der Waals surface area contributed by atoms with E-state index in [1.165, 1.54) is 22.4 Å². The zero-order chi connectivity index (χ0) is 14.1. The zero-order valence-electron chi connectivity index (χ0n) is 12.4. The summed E-state index contributed by atoms with van der Waals surface area (Å²) in [5.41, 5.74) is 5.11. The number of nitrogens with zero attached hydrogens (tertiary/aromatic N) is 3. The average molecular weight is 371 g/mol. The first kappa shape index (κ1) is 15.8. The molecule has 0 saturated heterocycles. The molecule has 0 aliphatic carbocycles. The Hall–Kier alpha value is -1.63. The van der Waals surface area contributed by atoms with E-state index in [9.17, 15) is 0 Å². The Balaban J connectivity index is 0.00000161. The van der Waals surface area contributed by atoms with Crippen LogP contribution in [0.1, 0.15) is 16.7 Å². The molecular weight excluding hydrogens is 353 g/mol. The molecule has 0 bridgehead atoms. The van der Waals surface area contributed by atoms with Gasteiger partial charge in [0.15, 0.2) is 0 Å². The molecule has 0 fully saturated rings. The Bertz CT molecular complexity index is 629. The number of aryl methyl sites for hydroxylation is 3. The van der Waals surface area contributed by atoms with Gasteiger partial charge in [0.25, 0.3) is 0 Å². The Morgan fingerprint density at radius 1 is 0.952 bits per heavy atom. The molecule has 0 saturated carbocycles. The summed E-state index contributed by atoms with van der Waals surface area (Å²) in [6.07, 6.45) is 5.91. The Morgan fingerprint density at radius 3 is 2.24 bits per heavy atom. The molecule has 1 aliphatic rings. The first-order valence-electron chi connectivity index (χ1n) is 6.74. The van der Waals surface area contributed by atoms with Crippen LogP contribution in [0.2, 0.25) is 0 Å². The number of pyridine rings is 1. The smallest absolute Gasteiger partial charge is 0.104 e. The number of hydrogen-bond acceptors (Lipinski definition) is 3. The predicted octanol–water partition coefficient (Wildman–Crippen LogP) is 3.92. The van der Waals surface area contributed by atoms with Crippen LogP contribution in [-0.4, -0.2) is 4.98 Å². The molecule has 0 atom stereocenters. The van der Waals surface area contributed by atoms with Crippen molar-refractivity contribution < 1.29 is 20.4 Å². The summed E-state index contributed by atoms with van der Waals surface area (Å²) in [6.45, 7) is 8.50. The molecule has 0 spiro atoms. The topological polar surface area (TPSA) is 19.4 Å². The minimum Gasteiger partial charge on any atom is -0.479 e. The van der Waals surface area contributed by atoms with Crippen LogP contribution in [0, 0.1) is 27.4 Å². The Labute approximate surface area is 140 Å². The van der Waals surface area contributed by atoms with Crippen molar-refractivity contribution >= 4 is 11.5 Å². The monoisotopic (exact) mass is 370 g/mol. The van der Waals surface area contributed by atoms with E-state index in [2.05, 4.69) is 55.7 Å². The average Bonchev–Trinajstić information content (AvgIpc) is 2.88. The molecule has 2 aromatic rings. The third kappa shape index (κ3) is 3.18. The van der Waals surface area contributed by atoms with Gasteiger partial charge in [-0.25, -0.2) is 4.98 Å². The number of benzene rings is 1. The molecule has 0 N–H and O–H groups in total. The van der Waals surface area contributed by atoms with Gasteiger partial charge < -0.3 is 9.80 Å². The van der Waals surface area contributed by atoms with Crippen molar-refractivity contribution in [3.63, 3.8) is 0 Å². The SMILES string of the molecule is Cc1cc(C)c(N2C=CN(c3ccccn3)[CH-]2)c(C)c1.[Pd]. The van der Waals surface area contributed by atoms with Crippen LogP contribution in [-0.2, 0) is 20.4 Å². The first-order chi connectivity index (χ1) is 9.65. The van der Waals surface area contributed by atoms with Crippen LogP contribution >= 0.6 is 0 Å². The number of aromatic nitrogens is 1. The molecule has 0 radical (unpaired) electrons. The van der Waals surface area contributed by atoms with Crippen molar-refractivity contribution in [2.75, 3.05) is 9.80 Å². The van der Waals surface area contributed by atoms with Crippen LogP contribution in [0.25, 0.3) is 0 Å².